The molecule has 1 aliphatic heterocycles. The predicted octanol–water partition coefficient (Wildman–Crippen LogP) is 6.35. The molecule has 2 aliphatic rings. The Morgan fingerprint density at radius 2 is 1.33 bits per heavy atom. The summed E-state index contributed by atoms with van der Waals surface area (Å²) in [5.74, 6) is -1.79. The van der Waals surface area contributed by atoms with Crippen LogP contribution in [0.3, 0.4) is 0 Å². The van der Waals surface area contributed by atoms with E-state index in [4.69, 9.17) is 33.2 Å². The van der Waals surface area contributed by atoms with Crippen molar-refractivity contribution in [2.24, 2.45) is 5.92 Å². The Balaban J connectivity index is 1.00. The van der Waals surface area contributed by atoms with Crippen molar-refractivity contribution < 1.29 is 61.9 Å². The average molecular weight is 1040 g/mol. The SMILES string of the molecule is C[C@@H](C(=O)N[C@H](C(=O)N1CCC[C@H]1C(=O)Nc1sc(NC(=O)COCCOCCOCCOCCOCCN(C)C(=O)OCc2ccccc2)nc1-c1ccccc1)C1CCCCC1)N(C)C(=O)OC(C)(C)C. The number of nitrogens with one attached hydrogen (secondary N) is 3. The molecule has 0 radical (unpaired) electrons. The Labute approximate surface area is 433 Å². The molecule has 5 rings (SSSR count). The van der Waals surface area contributed by atoms with Crippen molar-refractivity contribution in [3.63, 3.8) is 0 Å². The summed E-state index contributed by atoms with van der Waals surface area (Å²) in [6, 6.07) is 16.1. The number of ether oxygens (including phenoxy) is 7. The van der Waals surface area contributed by atoms with Gasteiger partial charge in [-0.15, -0.1) is 0 Å². The number of nitrogens with zero attached hydrogens (tertiary/aromatic N) is 4. The molecule has 3 N–H and O–H groups in total. The maximum absolute atomic E-state index is 14.5. The molecule has 2 heterocycles. The van der Waals surface area contributed by atoms with Crippen LogP contribution in [0.15, 0.2) is 60.7 Å². The predicted molar refractivity (Wildman–Crippen MR) is 275 cm³/mol. The third-order valence-corrected chi connectivity index (χ3v) is 13.0. The van der Waals surface area contributed by atoms with Crippen LogP contribution >= 0.6 is 11.3 Å². The molecule has 21 heteroatoms. The lowest BCUT2D eigenvalue weighted by atomic mass is 9.83. The topological polar surface area (TPSA) is 226 Å². The molecule has 1 saturated carbocycles. The lowest BCUT2D eigenvalue weighted by molar-refractivity contribution is -0.142. The molecule has 1 aliphatic carbocycles. The molecule has 402 valence electrons. The summed E-state index contributed by atoms with van der Waals surface area (Å²) in [6.45, 7) is 10.5. The van der Waals surface area contributed by atoms with Crippen LogP contribution in [0.25, 0.3) is 11.3 Å². The lowest BCUT2D eigenvalue weighted by Gasteiger charge is -2.36. The van der Waals surface area contributed by atoms with Gasteiger partial charge in [-0.1, -0.05) is 91.3 Å². The van der Waals surface area contributed by atoms with Crippen LogP contribution in [-0.4, -0.2) is 172 Å². The number of benzene rings is 2. The smallest absolute Gasteiger partial charge is 0.410 e. The maximum atomic E-state index is 14.5. The number of thiazole rings is 1. The highest BCUT2D eigenvalue weighted by molar-refractivity contribution is 7.20. The first-order valence-electron chi connectivity index (χ1n) is 25.2. The molecule has 0 unspecified atom stereocenters. The van der Waals surface area contributed by atoms with Gasteiger partial charge in [0.15, 0.2) is 5.13 Å². The fourth-order valence-corrected chi connectivity index (χ4v) is 8.95. The number of likely N-dealkylation sites (N-methyl/N-ethyl adjacent to an activating group) is 2. The highest BCUT2D eigenvalue weighted by atomic mass is 32.1. The van der Waals surface area contributed by atoms with E-state index in [1.165, 1.54) is 16.8 Å². The van der Waals surface area contributed by atoms with Crippen LogP contribution in [0.1, 0.15) is 78.2 Å². The van der Waals surface area contributed by atoms with Crippen LogP contribution in [0, 0.1) is 5.92 Å². The molecule has 73 heavy (non-hydrogen) atoms. The van der Waals surface area contributed by atoms with E-state index < -0.39 is 53.6 Å². The fraction of sp³-hybridized carbons (Fsp3) is 0.596. The molecule has 1 aromatic heterocycles. The molecule has 2 fully saturated rings. The number of amides is 6. The van der Waals surface area contributed by atoms with E-state index in [9.17, 15) is 28.8 Å². The summed E-state index contributed by atoms with van der Waals surface area (Å²) in [6.07, 6.45) is 4.32. The van der Waals surface area contributed by atoms with E-state index in [1.807, 2.05) is 60.7 Å². The van der Waals surface area contributed by atoms with Gasteiger partial charge in [-0.2, -0.15) is 0 Å². The van der Waals surface area contributed by atoms with Crippen molar-refractivity contribution in [3.05, 3.63) is 66.2 Å². The van der Waals surface area contributed by atoms with Crippen molar-refractivity contribution in [2.45, 2.75) is 103 Å². The average Bonchev–Trinajstić information content (AvgIpc) is 4.04. The Bertz CT molecular complexity index is 2190. The van der Waals surface area contributed by atoms with Gasteiger partial charge in [0, 0.05) is 32.7 Å². The van der Waals surface area contributed by atoms with Crippen LogP contribution in [-0.2, 0) is 58.9 Å². The molecular formula is C52H75N7O13S. The molecule has 6 amide bonds. The Morgan fingerprint density at radius 3 is 1.95 bits per heavy atom. The number of hydrogen-bond acceptors (Lipinski definition) is 15. The van der Waals surface area contributed by atoms with Crippen molar-refractivity contribution in [2.75, 3.05) is 104 Å². The monoisotopic (exact) mass is 1040 g/mol. The van der Waals surface area contributed by atoms with E-state index in [0.29, 0.717) is 88.4 Å². The van der Waals surface area contributed by atoms with Gasteiger partial charge in [0.2, 0.25) is 17.7 Å². The van der Waals surface area contributed by atoms with E-state index >= 15 is 0 Å². The second-order valence-corrected chi connectivity index (χ2v) is 19.9. The minimum absolute atomic E-state index is 0.129. The zero-order valence-corrected chi connectivity index (χ0v) is 44.0. The largest absolute Gasteiger partial charge is 0.445 e. The molecular weight excluding hydrogens is 963 g/mol. The van der Waals surface area contributed by atoms with E-state index in [-0.39, 0.29) is 43.4 Å². The van der Waals surface area contributed by atoms with Gasteiger partial charge >= 0.3 is 12.2 Å². The Kier molecular flexibility index (Phi) is 24.3. The summed E-state index contributed by atoms with van der Waals surface area (Å²) in [5, 5.41) is 9.40. The van der Waals surface area contributed by atoms with Crippen molar-refractivity contribution in [1.29, 1.82) is 0 Å². The summed E-state index contributed by atoms with van der Waals surface area (Å²) in [4.78, 5) is 89.2. The lowest BCUT2D eigenvalue weighted by Crippen LogP contribution is -2.58. The number of anilines is 2. The number of likely N-dealkylation sites (tertiary alicyclic amines) is 1. The number of aromatic nitrogens is 1. The number of carbonyl (C=O) groups excluding carboxylic acids is 6. The van der Waals surface area contributed by atoms with Crippen LogP contribution in [0.2, 0.25) is 0 Å². The third-order valence-electron chi connectivity index (χ3n) is 12.1. The minimum atomic E-state index is -0.920. The fourth-order valence-electron chi connectivity index (χ4n) is 8.04. The standard InChI is InChI=1S/C52H75N7O13S/c1-37(58(6)51(65)72-52(2,3)4)45(61)54-44(40-21-14-9-15-22-40)48(63)59-24-16-23-41(59)46(62)56-47-43(39-19-12-8-13-20-39)55-49(73-47)53-42(60)36-70-34-33-69-32-31-68-30-29-67-28-27-66-26-25-57(5)50(64)71-35-38-17-10-7-11-18-38/h7-8,10-13,17-20,37,40-41,44H,9,14-16,21-36H2,1-6H3,(H,54,61)(H,56,62)(H,53,55,60)/t37-,41-,44-/m0/s1. The molecule has 1 saturated heterocycles. The van der Waals surface area contributed by atoms with Gasteiger partial charge in [-0.25, -0.2) is 14.6 Å². The summed E-state index contributed by atoms with van der Waals surface area (Å²) < 4.78 is 38.5. The maximum Gasteiger partial charge on any atom is 0.410 e. The minimum Gasteiger partial charge on any atom is -0.445 e. The van der Waals surface area contributed by atoms with Crippen LogP contribution in [0.4, 0.5) is 19.7 Å². The van der Waals surface area contributed by atoms with Gasteiger partial charge in [-0.3, -0.25) is 29.4 Å². The van der Waals surface area contributed by atoms with Crippen LogP contribution in [0.5, 0.6) is 0 Å². The first-order chi connectivity index (χ1) is 35.1. The summed E-state index contributed by atoms with van der Waals surface area (Å²) >= 11 is 1.09. The molecule has 0 spiro atoms. The quantitative estimate of drug-likeness (QED) is 0.0674. The molecule has 20 nitrogen and oxygen atoms in total. The number of rotatable bonds is 28. The van der Waals surface area contributed by atoms with Crippen molar-refractivity contribution in [3.8, 4) is 11.3 Å². The third kappa shape index (κ3) is 19.9. The Morgan fingerprint density at radius 1 is 0.740 bits per heavy atom. The summed E-state index contributed by atoms with van der Waals surface area (Å²) in [7, 11) is 3.15. The Hall–Kier alpha value is -5.71. The van der Waals surface area contributed by atoms with Gasteiger partial charge in [0.05, 0.1) is 59.5 Å². The van der Waals surface area contributed by atoms with E-state index in [0.717, 1.165) is 49.0 Å². The second kappa shape index (κ2) is 30.5. The summed E-state index contributed by atoms with van der Waals surface area (Å²) in [5.41, 5.74) is 1.34. The number of hydrogen-bond donors (Lipinski definition) is 3. The second-order valence-electron chi connectivity index (χ2n) is 18.9. The molecule has 0 bridgehead atoms. The highest BCUT2D eigenvalue weighted by Gasteiger charge is 2.42. The van der Waals surface area contributed by atoms with Crippen molar-refractivity contribution in [1.82, 2.24) is 25.0 Å². The van der Waals surface area contributed by atoms with Gasteiger partial charge in [0.25, 0.3) is 5.91 Å². The zero-order valence-electron chi connectivity index (χ0n) is 43.2. The van der Waals surface area contributed by atoms with Gasteiger partial charge in [0.1, 0.15) is 47.6 Å². The van der Waals surface area contributed by atoms with E-state index in [2.05, 4.69) is 20.9 Å². The van der Waals surface area contributed by atoms with Gasteiger partial charge in [-0.05, 0) is 64.9 Å². The van der Waals surface area contributed by atoms with Gasteiger partial charge < -0.3 is 53.6 Å². The van der Waals surface area contributed by atoms with E-state index in [1.54, 1.807) is 39.6 Å². The zero-order chi connectivity index (χ0) is 52.6. The molecule has 3 atom stereocenters. The molecule has 2 aromatic carbocycles. The molecule has 3 aromatic rings. The van der Waals surface area contributed by atoms with Crippen LogP contribution < -0.4 is 16.0 Å². The van der Waals surface area contributed by atoms with Crippen molar-refractivity contribution >= 4 is 57.3 Å². The first-order valence-corrected chi connectivity index (χ1v) is 26.0. The highest BCUT2D eigenvalue weighted by Crippen LogP contribution is 2.37. The number of carbonyl (C=O) groups is 6. The normalized spacial score (nSPS) is 15.8. The first kappa shape index (κ1) is 58.2.